The van der Waals surface area contributed by atoms with Crippen molar-refractivity contribution in [2.45, 2.75) is 83.9 Å². The number of nitrogens with zero attached hydrogens (tertiary/aromatic N) is 2. The maximum absolute atomic E-state index is 13.7. The standard InChI is InChI=1S/C40H43F3N4O10/c1-19-20(2)26-18-32-39(3,4)37(57-38(52)40(41,42)43)31(47-32)17-30-24(14-36(51)56-8)22(10-12-34(49)54-6)28(46-30)16-27-21(9-11-33(48)53-5)23(13-35(50)55-7)29(45-27)15-25(19)44-26/h15-18,37,45-46H,9-14H2,1-8H3. The Morgan fingerprint density at radius 2 is 1.09 bits per heavy atom. The van der Waals surface area contributed by atoms with Crippen molar-refractivity contribution in [2.75, 3.05) is 28.4 Å². The second-order valence-corrected chi connectivity index (χ2v) is 14.1. The van der Waals surface area contributed by atoms with Gasteiger partial charge in [0.1, 0.15) is 0 Å². The molecule has 0 aromatic carbocycles. The molecular weight excluding hydrogens is 753 g/mol. The lowest BCUT2D eigenvalue weighted by Crippen LogP contribution is -2.32. The zero-order chi connectivity index (χ0) is 42.0. The van der Waals surface area contributed by atoms with Gasteiger partial charge in [0.15, 0.2) is 6.10 Å². The van der Waals surface area contributed by atoms with E-state index < -0.39 is 47.5 Å². The number of methoxy groups -OCH3 is 4. The zero-order valence-electron chi connectivity index (χ0n) is 32.7. The van der Waals surface area contributed by atoms with E-state index in [2.05, 4.69) is 9.97 Å². The summed E-state index contributed by atoms with van der Waals surface area (Å²) in [5, 5.41) is 0. The molecule has 304 valence electrons. The van der Waals surface area contributed by atoms with Crippen molar-refractivity contribution >= 4 is 63.1 Å². The Hall–Kier alpha value is -6.00. The molecule has 0 spiro atoms. The van der Waals surface area contributed by atoms with E-state index in [-0.39, 0.29) is 55.4 Å². The van der Waals surface area contributed by atoms with Gasteiger partial charge in [-0.15, -0.1) is 0 Å². The van der Waals surface area contributed by atoms with E-state index in [1.165, 1.54) is 34.5 Å². The summed E-state index contributed by atoms with van der Waals surface area (Å²) in [6.45, 7) is 6.83. The first-order valence-corrected chi connectivity index (χ1v) is 17.8. The van der Waals surface area contributed by atoms with Gasteiger partial charge in [-0.25, -0.2) is 9.78 Å². The molecule has 1 unspecified atom stereocenters. The fourth-order valence-corrected chi connectivity index (χ4v) is 6.88. The number of esters is 5. The maximum Gasteiger partial charge on any atom is 0.490 e. The monoisotopic (exact) mass is 796 g/mol. The average molecular weight is 797 g/mol. The molecule has 0 amide bonds. The lowest BCUT2D eigenvalue weighted by molar-refractivity contribution is -0.207. The van der Waals surface area contributed by atoms with Crippen LogP contribution in [0.5, 0.6) is 0 Å². The summed E-state index contributed by atoms with van der Waals surface area (Å²) >= 11 is 0. The third-order valence-electron chi connectivity index (χ3n) is 10.3. The smallest absolute Gasteiger partial charge is 0.469 e. The Bertz CT molecular complexity index is 2340. The van der Waals surface area contributed by atoms with Gasteiger partial charge in [-0.1, -0.05) is 13.8 Å². The lowest BCUT2D eigenvalue weighted by Gasteiger charge is -2.27. The van der Waals surface area contributed by atoms with Crippen molar-refractivity contribution in [3.8, 4) is 0 Å². The molecule has 14 nitrogen and oxygen atoms in total. The second kappa shape index (κ2) is 16.6. The van der Waals surface area contributed by atoms with Gasteiger partial charge >= 0.3 is 36.0 Å². The number of ether oxygens (including phenoxy) is 5. The molecule has 3 aromatic rings. The molecule has 5 rings (SSSR count). The molecule has 0 aliphatic carbocycles. The maximum atomic E-state index is 13.7. The number of rotatable bonds is 11. The van der Waals surface area contributed by atoms with Crippen LogP contribution in [0.3, 0.4) is 0 Å². The number of halogens is 3. The van der Waals surface area contributed by atoms with Crippen LogP contribution in [0.2, 0.25) is 0 Å². The van der Waals surface area contributed by atoms with Gasteiger partial charge < -0.3 is 33.7 Å². The molecule has 0 fully saturated rings. The largest absolute Gasteiger partial charge is 0.490 e. The van der Waals surface area contributed by atoms with Crippen molar-refractivity contribution < 1.29 is 60.8 Å². The average Bonchev–Trinajstić information content (AvgIpc) is 3.81. The Morgan fingerprint density at radius 3 is 1.54 bits per heavy atom. The minimum absolute atomic E-state index is 0.0232. The van der Waals surface area contributed by atoms with Crippen LogP contribution < -0.4 is 0 Å². The first-order chi connectivity index (χ1) is 26.8. The second-order valence-electron chi connectivity index (χ2n) is 14.1. The molecular formula is C40H43F3N4O10. The Labute approximate surface area is 325 Å². The highest BCUT2D eigenvalue weighted by molar-refractivity contribution is 5.92. The van der Waals surface area contributed by atoms with Crippen molar-refractivity contribution in [3.63, 3.8) is 0 Å². The number of carbonyl (C=O) groups excluding carboxylic acids is 5. The predicted octanol–water partition coefficient (Wildman–Crippen LogP) is 6.03. The fraction of sp³-hybridized carbons (Fsp3) is 0.425. The number of hydrogen-bond donors (Lipinski definition) is 2. The minimum atomic E-state index is -5.31. The van der Waals surface area contributed by atoms with Crippen LogP contribution >= 0.6 is 0 Å². The van der Waals surface area contributed by atoms with E-state index in [9.17, 15) is 37.1 Å². The SMILES string of the molecule is COC(=O)CCc1c(CC(=O)OC)c2cc3nc(cc4nc(cc5[nH]c(cc1[nH]2)c(CCC(=O)OC)c5CC(=O)OC)C(OC(=O)C(F)(F)F)C4(C)C)C(C)=C3C. The predicted molar refractivity (Wildman–Crippen MR) is 199 cm³/mol. The number of alkyl halides is 3. The summed E-state index contributed by atoms with van der Waals surface area (Å²) in [7, 11) is 4.93. The summed E-state index contributed by atoms with van der Waals surface area (Å²) in [5.74, 6) is -4.71. The number of aromatic amines is 2. The van der Waals surface area contributed by atoms with Crippen LogP contribution in [0, 0.1) is 0 Å². The van der Waals surface area contributed by atoms with Gasteiger partial charge in [-0.3, -0.25) is 24.2 Å². The molecule has 8 bridgehead atoms. The van der Waals surface area contributed by atoms with Crippen LogP contribution in [0.4, 0.5) is 13.2 Å². The van der Waals surface area contributed by atoms with E-state index in [1.54, 1.807) is 32.0 Å². The zero-order valence-corrected chi connectivity index (χ0v) is 32.7. The quantitative estimate of drug-likeness (QED) is 0.170. The van der Waals surface area contributed by atoms with Crippen LogP contribution in [0.25, 0.3) is 33.2 Å². The molecule has 3 aromatic heterocycles. The summed E-state index contributed by atoms with van der Waals surface area (Å²) < 4.78 is 66.1. The highest BCUT2D eigenvalue weighted by Gasteiger charge is 2.49. The number of carbonyl (C=O) groups is 5. The molecule has 2 aliphatic rings. The number of H-pyrrole nitrogens is 2. The summed E-state index contributed by atoms with van der Waals surface area (Å²) in [6, 6.07) is 6.43. The number of fused-ring (bicyclic) bond motifs is 8. The molecule has 17 heteroatoms. The molecule has 0 saturated carbocycles. The number of allylic oxidation sites excluding steroid dienone is 2. The van der Waals surface area contributed by atoms with Crippen molar-refractivity contribution in [1.29, 1.82) is 0 Å². The topological polar surface area (TPSA) is 189 Å². The Balaban J connectivity index is 2.01. The summed E-state index contributed by atoms with van der Waals surface area (Å²) in [5.41, 5.74) is 4.60. The van der Waals surface area contributed by atoms with Crippen molar-refractivity contribution in [2.24, 2.45) is 0 Å². The first kappa shape index (κ1) is 42.1. The van der Waals surface area contributed by atoms with Gasteiger partial charge in [0.05, 0.1) is 64.1 Å². The van der Waals surface area contributed by atoms with Crippen molar-refractivity contribution in [1.82, 2.24) is 19.9 Å². The van der Waals surface area contributed by atoms with Gasteiger partial charge in [0.25, 0.3) is 0 Å². The van der Waals surface area contributed by atoms with Crippen LogP contribution in [0.15, 0.2) is 24.3 Å². The first-order valence-electron chi connectivity index (χ1n) is 17.8. The molecule has 2 N–H and O–H groups in total. The number of aryl methyl sites for hydroxylation is 2. The van der Waals surface area contributed by atoms with Gasteiger partial charge in [-0.05, 0) is 84.4 Å². The Kier molecular flexibility index (Phi) is 12.3. The van der Waals surface area contributed by atoms with E-state index in [4.69, 9.17) is 33.7 Å². The highest BCUT2D eigenvalue weighted by atomic mass is 19.4. The summed E-state index contributed by atoms with van der Waals surface area (Å²) in [6.07, 6.45) is -7.45. The third-order valence-corrected chi connectivity index (χ3v) is 10.3. The van der Waals surface area contributed by atoms with Crippen LogP contribution in [-0.2, 0) is 78.8 Å². The fourth-order valence-electron chi connectivity index (χ4n) is 6.88. The Morgan fingerprint density at radius 1 is 0.649 bits per heavy atom. The lowest BCUT2D eigenvalue weighted by atomic mass is 9.83. The van der Waals surface area contributed by atoms with Crippen LogP contribution in [0.1, 0.15) is 91.7 Å². The number of aromatic nitrogens is 4. The minimum Gasteiger partial charge on any atom is -0.469 e. The number of hydrogen-bond acceptors (Lipinski definition) is 12. The summed E-state index contributed by atoms with van der Waals surface area (Å²) in [4.78, 5) is 79.3. The highest BCUT2D eigenvalue weighted by Crippen LogP contribution is 2.45. The van der Waals surface area contributed by atoms with Crippen LogP contribution in [-0.4, -0.2) is 84.4 Å². The van der Waals surface area contributed by atoms with E-state index in [1.807, 2.05) is 13.8 Å². The molecule has 1 atom stereocenters. The molecule has 0 radical (unpaired) electrons. The van der Waals surface area contributed by atoms with Gasteiger partial charge in [-0.2, -0.15) is 13.2 Å². The molecule has 2 aliphatic heterocycles. The molecule has 0 saturated heterocycles. The number of nitrogens with one attached hydrogen (secondary N) is 2. The van der Waals surface area contributed by atoms with E-state index in [0.717, 1.165) is 11.1 Å². The van der Waals surface area contributed by atoms with Gasteiger partial charge in [0, 0.05) is 40.3 Å². The van der Waals surface area contributed by atoms with Gasteiger partial charge in [0.2, 0.25) is 0 Å². The third kappa shape index (κ3) is 8.86. The molecule has 57 heavy (non-hydrogen) atoms. The van der Waals surface area contributed by atoms with E-state index >= 15 is 0 Å². The van der Waals surface area contributed by atoms with E-state index in [0.29, 0.717) is 50.2 Å². The normalized spacial score (nSPS) is 14.9. The molecule has 5 heterocycles. The van der Waals surface area contributed by atoms with Crippen molar-refractivity contribution in [3.05, 3.63) is 69.3 Å².